The fourth-order valence-corrected chi connectivity index (χ4v) is 3.15. The van der Waals surface area contributed by atoms with E-state index in [-0.39, 0.29) is 12.3 Å². The average molecular weight is 373 g/mol. The fourth-order valence-electron chi connectivity index (χ4n) is 3.15. The molecule has 28 heavy (non-hydrogen) atoms. The molecule has 0 heterocycles. The molecule has 0 amide bonds. The van der Waals surface area contributed by atoms with E-state index in [1.54, 1.807) is 0 Å². The van der Waals surface area contributed by atoms with Gasteiger partial charge in [0.2, 0.25) is 0 Å². The van der Waals surface area contributed by atoms with Crippen molar-refractivity contribution in [3.8, 4) is 0 Å². The van der Waals surface area contributed by atoms with Gasteiger partial charge in [-0.2, -0.15) is 0 Å². The van der Waals surface area contributed by atoms with Crippen molar-refractivity contribution in [1.29, 1.82) is 0 Å². The van der Waals surface area contributed by atoms with Crippen LogP contribution in [0.5, 0.6) is 0 Å². The number of ketones is 1. The molecular formula is C24H23NO3. The number of carbonyl (C=O) groups is 2. The molecule has 0 saturated heterocycles. The highest BCUT2D eigenvalue weighted by molar-refractivity contribution is 6.08. The summed E-state index contributed by atoms with van der Waals surface area (Å²) in [6, 6.07) is 26.5. The minimum atomic E-state index is -0.840. The molecular weight excluding hydrogens is 350 g/mol. The van der Waals surface area contributed by atoms with Crippen LogP contribution in [0.4, 0.5) is 5.69 Å². The maximum atomic E-state index is 12.5. The first-order chi connectivity index (χ1) is 13.6. The summed E-state index contributed by atoms with van der Waals surface area (Å²) in [5.74, 6) is -0.823. The van der Waals surface area contributed by atoms with Crippen molar-refractivity contribution in [2.45, 2.75) is 12.8 Å². The molecule has 4 nitrogen and oxygen atoms in total. The van der Waals surface area contributed by atoms with Crippen molar-refractivity contribution in [2.24, 2.45) is 0 Å². The zero-order valence-electron chi connectivity index (χ0n) is 15.6. The van der Waals surface area contributed by atoms with Crippen molar-refractivity contribution in [2.75, 3.05) is 18.0 Å². The molecule has 0 aliphatic carbocycles. The van der Waals surface area contributed by atoms with Crippen molar-refractivity contribution in [3.05, 3.63) is 102 Å². The summed E-state index contributed by atoms with van der Waals surface area (Å²) in [6.45, 7) is 0.634. The molecule has 0 saturated carbocycles. The molecule has 0 radical (unpaired) electrons. The summed E-state index contributed by atoms with van der Waals surface area (Å²) in [7, 11) is 0. The molecule has 0 fully saturated rings. The van der Waals surface area contributed by atoms with Gasteiger partial charge in [-0.15, -0.1) is 0 Å². The molecule has 3 aromatic rings. The molecule has 0 bridgehead atoms. The third kappa shape index (κ3) is 5.30. The number of hydrogen-bond acceptors (Lipinski definition) is 3. The molecule has 0 aliphatic rings. The Labute approximate surface area is 165 Å². The maximum Gasteiger partial charge on any atom is 0.323 e. The number of para-hydroxylation sites is 1. The van der Waals surface area contributed by atoms with Gasteiger partial charge in [-0.1, -0.05) is 72.8 Å². The SMILES string of the molecule is O=C(O)CN(CCCc1ccc(C(=O)c2ccccc2)cc1)c1ccccc1. The van der Waals surface area contributed by atoms with Gasteiger partial charge in [-0.25, -0.2) is 0 Å². The van der Waals surface area contributed by atoms with E-state index < -0.39 is 5.97 Å². The smallest absolute Gasteiger partial charge is 0.323 e. The molecule has 4 heteroatoms. The second-order valence-corrected chi connectivity index (χ2v) is 6.65. The Morgan fingerprint density at radius 3 is 1.93 bits per heavy atom. The lowest BCUT2D eigenvalue weighted by Crippen LogP contribution is -2.30. The number of hydrogen-bond donors (Lipinski definition) is 1. The quantitative estimate of drug-likeness (QED) is 0.563. The Bertz CT molecular complexity index is 906. The van der Waals surface area contributed by atoms with Crippen LogP contribution < -0.4 is 4.90 Å². The van der Waals surface area contributed by atoms with Gasteiger partial charge in [0, 0.05) is 23.4 Å². The number of benzene rings is 3. The molecule has 3 rings (SSSR count). The largest absolute Gasteiger partial charge is 0.480 e. The van der Waals surface area contributed by atoms with Gasteiger partial charge in [-0.3, -0.25) is 9.59 Å². The standard InChI is InChI=1S/C24H23NO3/c26-23(27)18-25(22-11-5-2-6-12-22)17-7-8-19-13-15-21(16-14-19)24(28)20-9-3-1-4-10-20/h1-6,9-16H,7-8,17-18H2,(H,26,27). The molecule has 142 valence electrons. The van der Waals surface area contributed by atoms with Crippen LogP contribution in [-0.4, -0.2) is 29.9 Å². The minimum Gasteiger partial charge on any atom is -0.480 e. The highest BCUT2D eigenvalue weighted by Gasteiger charge is 2.11. The molecule has 0 unspecified atom stereocenters. The van der Waals surface area contributed by atoms with Gasteiger partial charge in [0.1, 0.15) is 6.54 Å². The number of carboxylic acid groups (broad SMARTS) is 1. The van der Waals surface area contributed by atoms with E-state index in [2.05, 4.69) is 0 Å². The monoisotopic (exact) mass is 373 g/mol. The van der Waals surface area contributed by atoms with E-state index >= 15 is 0 Å². The van der Waals surface area contributed by atoms with Gasteiger partial charge in [0.15, 0.2) is 5.78 Å². The average Bonchev–Trinajstić information content (AvgIpc) is 2.74. The van der Waals surface area contributed by atoms with Gasteiger partial charge < -0.3 is 10.0 Å². The van der Waals surface area contributed by atoms with Crippen LogP contribution in [0.25, 0.3) is 0 Å². The van der Waals surface area contributed by atoms with Gasteiger partial charge in [0.05, 0.1) is 0 Å². The highest BCUT2D eigenvalue weighted by Crippen LogP contribution is 2.15. The molecule has 0 spiro atoms. The summed E-state index contributed by atoms with van der Waals surface area (Å²) in [4.78, 5) is 25.5. The first-order valence-electron chi connectivity index (χ1n) is 9.34. The molecule has 0 aliphatic heterocycles. The molecule has 0 atom stereocenters. The molecule has 1 N–H and O–H groups in total. The Hall–Kier alpha value is -3.40. The van der Waals surface area contributed by atoms with Gasteiger partial charge >= 0.3 is 5.97 Å². The number of carboxylic acids is 1. The number of rotatable bonds is 9. The first-order valence-corrected chi connectivity index (χ1v) is 9.34. The van der Waals surface area contributed by atoms with Crippen molar-refractivity contribution in [1.82, 2.24) is 0 Å². The zero-order chi connectivity index (χ0) is 19.8. The van der Waals surface area contributed by atoms with E-state index in [4.69, 9.17) is 5.11 Å². The highest BCUT2D eigenvalue weighted by atomic mass is 16.4. The number of aliphatic carboxylic acids is 1. The normalized spacial score (nSPS) is 10.4. The van der Waals surface area contributed by atoms with Crippen molar-refractivity contribution < 1.29 is 14.7 Å². The topological polar surface area (TPSA) is 57.6 Å². The summed E-state index contributed by atoms with van der Waals surface area (Å²) in [5.41, 5.74) is 3.40. The summed E-state index contributed by atoms with van der Waals surface area (Å²) in [5, 5.41) is 9.16. The van der Waals surface area contributed by atoms with Crippen LogP contribution in [-0.2, 0) is 11.2 Å². The lowest BCUT2D eigenvalue weighted by molar-refractivity contribution is -0.135. The Morgan fingerprint density at radius 1 is 0.750 bits per heavy atom. The van der Waals surface area contributed by atoms with E-state index in [0.29, 0.717) is 17.7 Å². The summed E-state index contributed by atoms with van der Waals surface area (Å²) in [6.07, 6.45) is 1.65. The number of nitrogens with zero attached hydrogens (tertiary/aromatic N) is 1. The van der Waals surface area contributed by atoms with Gasteiger partial charge in [-0.05, 0) is 30.5 Å². The van der Waals surface area contributed by atoms with Crippen molar-refractivity contribution in [3.63, 3.8) is 0 Å². The van der Waals surface area contributed by atoms with Crippen LogP contribution in [0.1, 0.15) is 27.9 Å². The van der Waals surface area contributed by atoms with E-state index in [1.165, 1.54) is 0 Å². The second-order valence-electron chi connectivity index (χ2n) is 6.65. The predicted molar refractivity (Wildman–Crippen MR) is 111 cm³/mol. The lowest BCUT2D eigenvalue weighted by atomic mass is 10.0. The lowest BCUT2D eigenvalue weighted by Gasteiger charge is -2.22. The van der Waals surface area contributed by atoms with Crippen LogP contribution in [0.2, 0.25) is 0 Å². The Kier molecular flexibility index (Phi) is 6.58. The third-order valence-electron chi connectivity index (χ3n) is 4.59. The minimum absolute atomic E-state index is 0.0175. The Balaban J connectivity index is 1.58. The maximum absolute atomic E-state index is 12.5. The van der Waals surface area contributed by atoms with Gasteiger partial charge in [0.25, 0.3) is 0 Å². The fraction of sp³-hybridized carbons (Fsp3) is 0.167. The van der Waals surface area contributed by atoms with Crippen LogP contribution in [0.15, 0.2) is 84.9 Å². The van der Waals surface area contributed by atoms with E-state index in [1.807, 2.05) is 89.8 Å². The summed E-state index contributed by atoms with van der Waals surface area (Å²) < 4.78 is 0. The predicted octanol–water partition coefficient (Wildman–Crippen LogP) is 4.44. The van der Waals surface area contributed by atoms with Crippen LogP contribution >= 0.6 is 0 Å². The Morgan fingerprint density at radius 2 is 1.32 bits per heavy atom. The second kappa shape index (κ2) is 9.51. The van der Waals surface area contributed by atoms with Crippen LogP contribution in [0, 0.1) is 0 Å². The molecule has 3 aromatic carbocycles. The number of aryl methyl sites for hydroxylation is 1. The van der Waals surface area contributed by atoms with E-state index in [9.17, 15) is 9.59 Å². The van der Waals surface area contributed by atoms with Crippen LogP contribution in [0.3, 0.4) is 0 Å². The molecule has 0 aromatic heterocycles. The first kappa shape index (κ1) is 19.4. The zero-order valence-corrected chi connectivity index (χ0v) is 15.6. The van der Waals surface area contributed by atoms with Crippen molar-refractivity contribution >= 4 is 17.4 Å². The van der Waals surface area contributed by atoms with E-state index in [0.717, 1.165) is 24.1 Å². The number of anilines is 1. The third-order valence-corrected chi connectivity index (χ3v) is 4.59. The number of carbonyl (C=O) groups excluding carboxylic acids is 1. The summed E-state index contributed by atoms with van der Waals surface area (Å²) >= 11 is 0.